The second-order valence-electron chi connectivity index (χ2n) is 1.95. The lowest BCUT2D eigenvalue weighted by atomic mass is 10.7. The lowest BCUT2D eigenvalue weighted by Gasteiger charge is -1.83. The van der Waals surface area contributed by atoms with Gasteiger partial charge in [0.2, 0.25) is 0 Å². The minimum atomic E-state index is 0.869. The van der Waals surface area contributed by atoms with Crippen LogP contribution in [0.1, 0.15) is 0 Å². The third kappa shape index (κ3) is 1.76. The molecule has 2 nitrogen and oxygen atoms in total. The molecule has 0 spiro atoms. The van der Waals surface area contributed by atoms with Gasteiger partial charge in [-0.1, -0.05) is 0 Å². The molecular formula is C6H2Br2N2S2. The Morgan fingerprint density at radius 1 is 0.917 bits per heavy atom. The second-order valence-corrected chi connectivity index (χ2v) is 5.29. The van der Waals surface area contributed by atoms with Gasteiger partial charge in [0.15, 0.2) is 10.0 Å². The van der Waals surface area contributed by atoms with Gasteiger partial charge in [-0.15, -0.1) is 22.7 Å². The van der Waals surface area contributed by atoms with Crippen molar-refractivity contribution in [2.45, 2.75) is 0 Å². The lowest BCUT2D eigenvalue weighted by Crippen LogP contribution is -1.72. The van der Waals surface area contributed by atoms with Gasteiger partial charge in [-0.05, 0) is 31.9 Å². The fourth-order valence-electron chi connectivity index (χ4n) is 0.705. The van der Waals surface area contributed by atoms with Crippen molar-refractivity contribution in [2.75, 3.05) is 0 Å². The summed E-state index contributed by atoms with van der Waals surface area (Å²) in [4.78, 5) is 8.51. The maximum Gasteiger partial charge on any atom is 0.153 e. The fourth-order valence-corrected chi connectivity index (χ4v) is 3.26. The Morgan fingerprint density at radius 2 is 1.33 bits per heavy atom. The molecule has 0 aromatic carbocycles. The van der Waals surface area contributed by atoms with Crippen molar-refractivity contribution < 1.29 is 0 Å². The number of aromatic nitrogens is 2. The van der Waals surface area contributed by atoms with E-state index in [2.05, 4.69) is 41.8 Å². The second kappa shape index (κ2) is 3.53. The summed E-state index contributed by atoms with van der Waals surface area (Å²) in [7, 11) is 0. The van der Waals surface area contributed by atoms with Gasteiger partial charge < -0.3 is 0 Å². The Bertz CT molecular complexity index is 357. The SMILES string of the molecule is Brc1csc(-c2nc(Br)cs2)n1. The lowest BCUT2D eigenvalue weighted by molar-refractivity contribution is 1.30. The van der Waals surface area contributed by atoms with Gasteiger partial charge in [0, 0.05) is 10.8 Å². The minimum absolute atomic E-state index is 0.869. The van der Waals surface area contributed by atoms with E-state index in [1.54, 1.807) is 22.7 Å². The molecule has 12 heavy (non-hydrogen) atoms. The van der Waals surface area contributed by atoms with E-state index in [-0.39, 0.29) is 0 Å². The molecule has 0 aliphatic heterocycles. The highest BCUT2D eigenvalue weighted by molar-refractivity contribution is 9.10. The predicted octanol–water partition coefficient (Wildman–Crippen LogP) is 3.79. The first-order chi connectivity index (χ1) is 5.75. The number of rotatable bonds is 1. The first-order valence-electron chi connectivity index (χ1n) is 2.98. The molecule has 0 aliphatic rings. The first-order valence-corrected chi connectivity index (χ1v) is 6.32. The van der Waals surface area contributed by atoms with Gasteiger partial charge in [0.25, 0.3) is 0 Å². The first kappa shape index (κ1) is 8.80. The highest BCUT2D eigenvalue weighted by Crippen LogP contribution is 2.29. The van der Waals surface area contributed by atoms with Crippen molar-refractivity contribution in [3.8, 4) is 10.0 Å². The highest BCUT2D eigenvalue weighted by Gasteiger charge is 2.06. The molecule has 2 aromatic heterocycles. The van der Waals surface area contributed by atoms with Gasteiger partial charge in [-0.2, -0.15) is 0 Å². The number of thiazole rings is 2. The van der Waals surface area contributed by atoms with Crippen LogP contribution < -0.4 is 0 Å². The van der Waals surface area contributed by atoms with Crippen molar-refractivity contribution in [2.24, 2.45) is 0 Å². The van der Waals surface area contributed by atoms with Crippen LogP contribution in [0, 0.1) is 0 Å². The van der Waals surface area contributed by atoms with E-state index in [0.29, 0.717) is 0 Å². The summed E-state index contributed by atoms with van der Waals surface area (Å²) in [6, 6.07) is 0. The molecule has 0 amide bonds. The van der Waals surface area contributed by atoms with Gasteiger partial charge in [-0.25, -0.2) is 9.97 Å². The van der Waals surface area contributed by atoms with Crippen molar-refractivity contribution in [1.29, 1.82) is 0 Å². The van der Waals surface area contributed by atoms with Crippen LogP contribution >= 0.6 is 54.5 Å². The average molecular weight is 326 g/mol. The van der Waals surface area contributed by atoms with Crippen molar-refractivity contribution in [1.82, 2.24) is 9.97 Å². The van der Waals surface area contributed by atoms with Crippen LogP contribution in [-0.4, -0.2) is 9.97 Å². The largest absolute Gasteiger partial charge is 0.227 e. The van der Waals surface area contributed by atoms with E-state index < -0.39 is 0 Å². The molecular weight excluding hydrogens is 324 g/mol. The normalized spacial score (nSPS) is 10.5. The zero-order valence-corrected chi connectivity index (χ0v) is 10.4. The number of hydrogen-bond acceptors (Lipinski definition) is 4. The van der Waals surface area contributed by atoms with Crippen molar-refractivity contribution >= 4 is 54.5 Å². The summed E-state index contributed by atoms with van der Waals surface area (Å²) in [5, 5.41) is 5.81. The molecule has 0 unspecified atom stereocenters. The molecule has 0 atom stereocenters. The molecule has 2 rings (SSSR count). The van der Waals surface area contributed by atoms with Crippen LogP contribution in [0.4, 0.5) is 0 Å². The minimum Gasteiger partial charge on any atom is -0.227 e. The smallest absolute Gasteiger partial charge is 0.153 e. The molecule has 0 radical (unpaired) electrons. The molecule has 6 heteroatoms. The van der Waals surface area contributed by atoms with Gasteiger partial charge >= 0.3 is 0 Å². The van der Waals surface area contributed by atoms with E-state index >= 15 is 0 Å². The predicted molar refractivity (Wildman–Crippen MR) is 58.6 cm³/mol. The summed E-state index contributed by atoms with van der Waals surface area (Å²) in [6.45, 7) is 0. The maximum absolute atomic E-state index is 4.26. The van der Waals surface area contributed by atoms with Gasteiger partial charge in [-0.3, -0.25) is 0 Å². The van der Waals surface area contributed by atoms with E-state index in [1.165, 1.54) is 0 Å². The highest BCUT2D eigenvalue weighted by atomic mass is 79.9. The van der Waals surface area contributed by atoms with E-state index in [1.807, 2.05) is 10.8 Å². The van der Waals surface area contributed by atoms with Crippen LogP contribution in [0.15, 0.2) is 20.0 Å². The Kier molecular flexibility index (Phi) is 2.59. The maximum atomic E-state index is 4.26. The topological polar surface area (TPSA) is 25.8 Å². The number of hydrogen-bond donors (Lipinski definition) is 0. The van der Waals surface area contributed by atoms with E-state index in [9.17, 15) is 0 Å². The summed E-state index contributed by atoms with van der Waals surface area (Å²) in [5.74, 6) is 0. The Balaban J connectivity index is 2.43. The quantitative estimate of drug-likeness (QED) is 0.797. The Labute approximate surface area is 93.9 Å². The van der Waals surface area contributed by atoms with Crippen LogP contribution in [0.5, 0.6) is 0 Å². The third-order valence-electron chi connectivity index (χ3n) is 1.14. The van der Waals surface area contributed by atoms with Crippen LogP contribution in [0.2, 0.25) is 0 Å². The summed E-state index contributed by atoms with van der Waals surface area (Å²) < 4.78 is 1.74. The van der Waals surface area contributed by atoms with Crippen LogP contribution in [0.25, 0.3) is 10.0 Å². The molecule has 0 fully saturated rings. The van der Waals surface area contributed by atoms with Crippen LogP contribution in [-0.2, 0) is 0 Å². The van der Waals surface area contributed by atoms with E-state index in [0.717, 1.165) is 19.2 Å². The molecule has 0 aliphatic carbocycles. The zero-order valence-electron chi connectivity index (χ0n) is 5.62. The molecule has 62 valence electrons. The van der Waals surface area contributed by atoms with Crippen molar-refractivity contribution in [3.63, 3.8) is 0 Å². The van der Waals surface area contributed by atoms with Gasteiger partial charge in [0.05, 0.1) is 0 Å². The monoisotopic (exact) mass is 324 g/mol. The molecule has 0 saturated heterocycles. The third-order valence-corrected chi connectivity index (χ3v) is 4.38. The Hall–Kier alpha value is 0.220. The Morgan fingerprint density at radius 3 is 1.58 bits per heavy atom. The molecule has 2 heterocycles. The molecule has 0 N–H and O–H groups in total. The average Bonchev–Trinajstić information content (AvgIpc) is 2.58. The molecule has 2 aromatic rings. The molecule has 0 saturated carbocycles. The zero-order chi connectivity index (χ0) is 8.55. The summed E-state index contributed by atoms with van der Waals surface area (Å²) >= 11 is 9.77. The summed E-state index contributed by atoms with van der Waals surface area (Å²) in [5.41, 5.74) is 0. The van der Waals surface area contributed by atoms with Crippen LogP contribution in [0.3, 0.4) is 0 Å². The fraction of sp³-hybridized carbons (Fsp3) is 0. The van der Waals surface area contributed by atoms with Gasteiger partial charge in [0.1, 0.15) is 9.21 Å². The number of nitrogens with zero attached hydrogens (tertiary/aromatic N) is 2. The van der Waals surface area contributed by atoms with E-state index in [4.69, 9.17) is 0 Å². The molecule has 0 bridgehead atoms. The summed E-state index contributed by atoms with van der Waals surface area (Å²) in [6.07, 6.45) is 0. The standard InChI is InChI=1S/C6H2Br2N2S2/c7-3-1-11-5(9-3)6-10-4(8)2-12-6/h1-2H. The van der Waals surface area contributed by atoms with Crippen molar-refractivity contribution in [3.05, 3.63) is 20.0 Å². The number of halogens is 2.